The number of nitrogens with zero attached hydrogens (tertiary/aromatic N) is 3. The number of aliphatic hydroxyl groups excluding tert-OH is 1. The zero-order valence-corrected chi connectivity index (χ0v) is 23.5. The number of carbonyl (C=O) groups is 2. The van der Waals surface area contributed by atoms with Gasteiger partial charge in [0.05, 0.1) is 48.0 Å². The van der Waals surface area contributed by atoms with Crippen molar-refractivity contribution in [2.24, 2.45) is 4.99 Å². The smallest absolute Gasteiger partial charge is 0.388 e. The van der Waals surface area contributed by atoms with Crippen LogP contribution in [-0.4, -0.2) is 92.8 Å². The van der Waals surface area contributed by atoms with Crippen LogP contribution in [-0.2, 0) is 20.5 Å². The van der Waals surface area contributed by atoms with Crippen LogP contribution >= 0.6 is 12.2 Å². The third-order valence-corrected chi connectivity index (χ3v) is 8.12. The number of rotatable bonds is 8. The molecule has 1 aliphatic carbocycles. The lowest BCUT2D eigenvalue weighted by atomic mass is 9.78. The Labute approximate surface area is 238 Å². The molecule has 3 heterocycles. The van der Waals surface area contributed by atoms with Crippen LogP contribution in [0.15, 0.2) is 17.3 Å². The number of alkyl halides is 5. The zero-order chi connectivity index (χ0) is 30.3. The quantitative estimate of drug-likeness (QED) is 0.181. The first kappa shape index (κ1) is 31.2. The van der Waals surface area contributed by atoms with E-state index in [0.29, 0.717) is 0 Å². The van der Waals surface area contributed by atoms with Gasteiger partial charge in [0.25, 0.3) is 17.7 Å². The maximum absolute atomic E-state index is 14.3. The van der Waals surface area contributed by atoms with Gasteiger partial charge in [0, 0.05) is 29.8 Å². The van der Waals surface area contributed by atoms with Crippen LogP contribution in [0.4, 0.5) is 27.8 Å². The summed E-state index contributed by atoms with van der Waals surface area (Å²) in [4.78, 5) is 34.7. The lowest BCUT2D eigenvalue weighted by molar-refractivity contribution is -0.138. The number of aliphatic imine (C=N–C) groups is 1. The minimum Gasteiger partial charge on any atom is -0.388 e. The molecule has 2 saturated heterocycles. The van der Waals surface area contributed by atoms with Crippen molar-refractivity contribution >= 4 is 40.4 Å². The van der Waals surface area contributed by atoms with Crippen molar-refractivity contribution in [3.05, 3.63) is 23.4 Å². The molecule has 1 aromatic heterocycles. The summed E-state index contributed by atoms with van der Waals surface area (Å²) in [5.41, 5.74) is -2.55. The van der Waals surface area contributed by atoms with Gasteiger partial charge in [-0.25, -0.2) is 13.8 Å². The first-order valence-electron chi connectivity index (χ1n) is 13.2. The van der Waals surface area contributed by atoms with Crippen LogP contribution in [0.5, 0.6) is 0 Å². The van der Waals surface area contributed by atoms with E-state index >= 15 is 0 Å². The van der Waals surface area contributed by atoms with Crippen molar-refractivity contribution in [1.82, 2.24) is 15.2 Å². The summed E-state index contributed by atoms with van der Waals surface area (Å²) in [6.07, 6.45) is -3.22. The van der Waals surface area contributed by atoms with Gasteiger partial charge in [-0.3, -0.25) is 14.6 Å². The van der Waals surface area contributed by atoms with E-state index in [1.807, 2.05) is 6.92 Å². The number of halogens is 5. The summed E-state index contributed by atoms with van der Waals surface area (Å²) in [5.74, 6) is -5.13. The van der Waals surface area contributed by atoms with Gasteiger partial charge in [0.2, 0.25) is 0 Å². The fourth-order valence-electron chi connectivity index (χ4n) is 5.14. The van der Waals surface area contributed by atoms with Gasteiger partial charge in [-0.1, -0.05) is 12.2 Å². The topological polar surface area (TPSA) is 116 Å². The van der Waals surface area contributed by atoms with Gasteiger partial charge in [0.1, 0.15) is 5.82 Å². The van der Waals surface area contributed by atoms with E-state index in [4.69, 9.17) is 17.0 Å². The van der Waals surface area contributed by atoms with E-state index in [0.717, 1.165) is 36.4 Å². The Kier molecular flexibility index (Phi) is 8.72. The Hall–Kier alpha value is -2.78. The highest BCUT2D eigenvalue weighted by Crippen LogP contribution is 2.38. The number of hydrogen-bond acceptors (Lipinski definition) is 8. The number of aliphatic hydroxyl groups is 1. The van der Waals surface area contributed by atoms with Gasteiger partial charge in [-0.2, -0.15) is 13.2 Å². The largest absolute Gasteiger partial charge is 0.417 e. The van der Waals surface area contributed by atoms with Crippen LogP contribution < -0.4 is 10.6 Å². The number of anilines is 1. The summed E-state index contributed by atoms with van der Waals surface area (Å²) in [6.45, 7) is 3.49. The zero-order valence-electron chi connectivity index (χ0n) is 22.7. The normalized spacial score (nSPS) is 26.3. The highest BCUT2D eigenvalue weighted by molar-refractivity contribution is 7.81. The standard InChI is InChI=1S/C26H32F5N5O4S/c1-13-8-25(27,28)12-36(13)23(39)20(33-14(2)22(38)34-17-10-40-11-18(17)37)21(41)15-9-32-19(7-16(15)26(29,30)31)35-24(3)5-4-6-24/h7,9,13,17-18,20,37H,4-6,8,10-12H2,1-3H3,(H,32,35)(H,34,38)/b33-14+/t13-,17+,18+,20?/m0/s1. The molecule has 226 valence electrons. The minimum absolute atomic E-state index is 0.00931. The van der Waals surface area contributed by atoms with Gasteiger partial charge in [-0.05, 0) is 46.1 Å². The first-order chi connectivity index (χ1) is 19.0. The number of likely N-dealkylation sites (tertiary alicyclic amines) is 1. The van der Waals surface area contributed by atoms with Crippen LogP contribution in [0.1, 0.15) is 57.6 Å². The van der Waals surface area contributed by atoms with Crippen molar-refractivity contribution in [3.8, 4) is 0 Å². The maximum atomic E-state index is 14.3. The van der Waals surface area contributed by atoms with Crippen LogP contribution in [0, 0.1) is 0 Å². The Bertz CT molecular complexity index is 1240. The Morgan fingerprint density at radius 3 is 2.49 bits per heavy atom. The van der Waals surface area contributed by atoms with Gasteiger partial charge >= 0.3 is 6.18 Å². The monoisotopic (exact) mass is 605 g/mol. The number of carbonyl (C=O) groups excluding carboxylic acids is 2. The molecule has 3 aliphatic rings. The number of aromatic nitrogens is 1. The summed E-state index contributed by atoms with van der Waals surface area (Å²) in [7, 11) is 0. The molecule has 0 spiro atoms. The molecule has 2 amide bonds. The highest BCUT2D eigenvalue weighted by Gasteiger charge is 2.48. The lowest BCUT2D eigenvalue weighted by Gasteiger charge is -2.39. The molecule has 1 unspecified atom stereocenters. The van der Waals surface area contributed by atoms with Crippen molar-refractivity contribution in [1.29, 1.82) is 0 Å². The van der Waals surface area contributed by atoms with E-state index in [1.54, 1.807) is 0 Å². The summed E-state index contributed by atoms with van der Waals surface area (Å²) < 4.78 is 76.2. The van der Waals surface area contributed by atoms with E-state index in [1.165, 1.54) is 13.8 Å². The van der Waals surface area contributed by atoms with E-state index in [-0.39, 0.29) is 24.7 Å². The first-order valence-corrected chi connectivity index (χ1v) is 13.6. The number of nitrogens with one attached hydrogen (secondary N) is 2. The molecule has 0 aromatic carbocycles. The third kappa shape index (κ3) is 7.00. The SMILES string of the molecule is C/C(=N\C(C(=O)N1CC(F)(F)C[C@@H]1C)C(=S)c1cnc(NC2(C)CCC2)cc1C(F)(F)F)C(=O)N[C@@H]1COC[C@H]1O. The molecule has 1 saturated carbocycles. The third-order valence-electron chi connectivity index (χ3n) is 7.67. The van der Waals surface area contributed by atoms with Crippen molar-refractivity contribution in [2.45, 2.75) is 88.3 Å². The van der Waals surface area contributed by atoms with Crippen molar-refractivity contribution in [3.63, 3.8) is 0 Å². The van der Waals surface area contributed by atoms with Crippen LogP contribution in [0.2, 0.25) is 0 Å². The van der Waals surface area contributed by atoms with E-state index in [2.05, 4.69) is 20.6 Å². The molecule has 4 rings (SSSR count). The second kappa shape index (κ2) is 11.5. The molecule has 15 heteroatoms. The van der Waals surface area contributed by atoms with Crippen LogP contribution in [0.3, 0.4) is 0 Å². The second-order valence-electron chi connectivity index (χ2n) is 11.2. The molecule has 4 atom stereocenters. The molecule has 2 aliphatic heterocycles. The Balaban J connectivity index is 1.70. The highest BCUT2D eigenvalue weighted by atomic mass is 32.1. The Morgan fingerprint density at radius 1 is 1.29 bits per heavy atom. The number of ether oxygens (including phenoxy) is 1. The molecule has 0 bridgehead atoms. The molecule has 9 nitrogen and oxygen atoms in total. The Morgan fingerprint density at radius 2 is 1.98 bits per heavy atom. The van der Waals surface area contributed by atoms with Crippen molar-refractivity contribution < 1.29 is 41.4 Å². The summed E-state index contributed by atoms with van der Waals surface area (Å²) in [5, 5.41) is 15.4. The lowest BCUT2D eigenvalue weighted by Crippen LogP contribution is -2.47. The van der Waals surface area contributed by atoms with E-state index < -0.39 is 82.6 Å². The van der Waals surface area contributed by atoms with Gasteiger partial charge < -0.3 is 25.4 Å². The molecular weight excluding hydrogens is 573 g/mol. The number of pyridine rings is 1. The molecule has 3 N–H and O–H groups in total. The molecule has 0 radical (unpaired) electrons. The second-order valence-corrected chi connectivity index (χ2v) is 11.6. The summed E-state index contributed by atoms with van der Waals surface area (Å²) in [6, 6.07) is -2.83. The molecule has 1 aromatic rings. The number of hydrogen-bond donors (Lipinski definition) is 3. The fraction of sp³-hybridized carbons (Fsp3) is 0.654. The molecular formula is C26H32F5N5O4S. The van der Waals surface area contributed by atoms with Crippen LogP contribution in [0.25, 0.3) is 0 Å². The fourth-order valence-corrected chi connectivity index (χ4v) is 5.46. The number of amides is 2. The maximum Gasteiger partial charge on any atom is 0.417 e. The van der Waals surface area contributed by atoms with Gasteiger partial charge in [0.15, 0.2) is 6.04 Å². The molecule has 41 heavy (non-hydrogen) atoms. The average Bonchev–Trinajstić information content (AvgIpc) is 3.39. The number of thiocarbonyl (C=S) groups is 1. The minimum atomic E-state index is -4.91. The van der Waals surface area contributed by atoms with Crippen molar-refractivity contribution in [2.75, 3.05) is 25.1 Å². The predicted octanol–water partition coefficient (Wildman–Crippen LogP) is 3.13. The molecule has 3 fully saturated rings. The predicted molar refractivity (Wildman–Crippen MR) is 143 cm³/mol. The summed E-state index contributed by atoms with van der Waals surface area (Å²) >= 11 is 5.37. The van der Waals surface area contributed by atoms with E-state index in [9.17, 15) is 36.6 Å². The average molecular weight is 606 g/mol. The van der Waals surface area contributed by atoms with Gasteiger partial charge in [-0.15, -0.1) is 0 Å².